The summed E-state index contributed by atoms with van der Waals surface area (Å²) in [6.07, 6.45) is 8.11. The number of nitrogens with one attached hydrogen (secondary N) is 2. The second-order valence-corrected chi connectivity index (χ2v) is 10.7. The SMILES string of the molecule is Cn1nc(-c2ccc(NS(=O)(=O)c3cccc(Cl)c3Cl)cc2)c2cnc(NCCCn3ccnc3)nc21. The van der Waals surface area contributed by atoms with E-state index in [1.165, 1.54) is 18.2 Å². The molecule has 13 heteroatoms. The Morgan fingerprint density at radius 3 is 2.65 bits per heavy atom. The summed E-state index contributed by atoms with van der Waals surface area (Å²) in [5.74, 6) is 0.525. The first-order valence-corrected chi connectivity index (χ1v) is 13.5. The molecule has 0 aliphatic heterocycles. The number of hydrogen-bond donors (Lipinski definition) is 2. The third-order valence-corrected chi connectivity index (χ3v) is 7.99. The quantitative estimate of drug-likeness (QED) is 0.249. The maximum atomic E-state index is 12.8. The monoisotopic (exact) mass is 556 g/mol. The Hall–Kier alpha value is -3.67. The molecule has 0 amide bonds. The second kappa shape index (κ2) is 10.4. The Labute approximate surface area is 223 Å². The van der Waals surface area contributed by atoms with Gasteiger partial charge < -0.3 is 9.88 Å². The smallest absolute Gasteiger partial charge is 0.263 e. The van der Waals surface area contributed by atoms with E-state index in [1.807, 2.05) is 17.8 Å². The second-order valence-electron chi connectivity index (χ2n) is 8.22. The summed E-state index contributed by atoms with van der Waals surface area (Å²) in [4.78, 5) is 13.0. The van der Waals surface area contributed by atoms with E-state index in [0.29, 0.717) is 29.5 Å². The van der Waals surface area contributed by atoms with Crippen LogP contribution < -0.4 is 10.0 Å². The Morgan fingerprint density at radius 2 is 1.89 bits per heavy atom. The van der Waals surface area contributed by atoms with Crippen LogP contribution >= 0.6 is 23.2 Å². The fourth-order valence-electron chi connectivity index (χ4n) is 3.81. The molecule has 0 bridgehead atoms. The zero-order valence-electron chi connectivity index (χ0n) is 19.6. The van der Waals surface area contributed by atoms with Crippen molar-refractivity contribution in [1.82, 2.24) is 29.3 Å². The minimum atomic E-state index is -3.92. The van der Waals surface area contributed by atoms with Gasteiger partial charge in [0, 0.05) is 50.0 Å². The highest BCUT2D eigenvalue weighted by molar-refractivity contribution is 7.92. The Morgan fingerprint density at radius 1 is 1.08 bits per heavy atom. The van der Waals surface area contributed by atoms with Gasteiger partial charge in [0.1, 0.15) is 10.6 Å². The average Bonchev–Trinajstić information content (AvgIpc) is 3.52. The predicted octanol–water partition coefficient (Wildman–Crippen LogP) is 4.84. The van der Waals surface area contributed by atoms with Crippen LogP contribution in [0.1, 0.15) is 6.42 Å². The molecular formula is C24H22Cl2N8O2S. The fraction of sp³-hybridized carbons (Fsp3) is 0.167. The van der Waals surface area contributed by atoms with Crippen molar-refractivity contribution in [3.63, 3.8) is 0 Å². The highest BCUT2D eigenvalue weighted by atomic mass is 35.5. The molecule has 2 N–H and O–H groups in total. The first kappa shape index (κ1) is 25.0. The number of anilines is 2. The van der Waals surface area contributed by atoms with Crippen LogP contribution in [0, 0.1) is 0 Å². The van der Waals surface area contributed by atoms with Gasteiger partial charge in [-0.3, -0.25) is 4.72 Å². The summed E-state index contributed by atoms with van der Waals surface area (Å²) in [6.45, 7) is 1.57. The normalized spacial score (nSPS) is 11.6. The molecule has 5 aromatic rings. The predicted molar refractivity (Wildman–Crippen MR) is 144 cm³/mol. The molecule has 190 valence electrons. The van der Waals surface area contributed by atoms with Crippen molar-refractivity contribution in [1.29, 1.82) is 0 Å². The van der Waals surface area contributed by atoms with Crippen LogP contribution in [0.25, 0.3) is 22.3 Å². The van der Waals surface area contributed by atoms with Gasteiger partial charge in [0.15, 0.2) is 5.65 Å². The molecule has 0 spiro atoms. The van der Waals surface area contributed by atoms with E-state index in [1.54, 1.807) is 47.7 Å². The number of nitrogens with zero attached hydrogens (tertiary/aromatic N) is 6. The third kappa shape index (κ3) is 5.38. The van der Waals surface area contributed by atoms with Crippen LogP contribution in [-0.2, 0) is 23.6 Å². The third-order valence-electron chi connectivity index (χ3n) is 5.63. The lowest BCUT2D eigenvalue weighted by atomic mass is 10.1. The molecule has 2 aromatic carbocycles. The molecule has 0 fully saturated rings. The van der Waals surface area contributed by atoms with E-state index in [0.717, 1.165) is 23.9 Å². The molecule has 0 saturated heterocycles. The van der Waals surface area contributed by atoms with Gasteiger partial charge in [-0.1, -0.05) is 41.4 Å². The largest absolute Gasteiger partial charge is 0.354 e. The fourth-order valence-corrected chi connectivity index (χ4v) is 5.64. The molecule has 0 aliphatic rings. The molecule has 0 atom stereocenters. The van der Waals surface area contributed by atoms with Crippen LogP contribution in [-0.4, -0.2) is 44.3 Å². The van der Waals surface area contributed by atoms with E-state index in [9.17, 15) is 8.42 Å². The molecule has 0 saturated carbocycles. The van der Waals surface area contributed by atoms with E-state index in [4.69, 9.17) is 23.2 Å². The van der Waals surface area contributed by atoms with E-state index in [-0.39, 0.29) is 14.9 Å². The Bertz CT molecular complexity index is 1650. The number of fused-ring (bicyclic) bond motifs is 1. The number of sulfonamides is 1. The standard InChI is InChI=1S/C24H22Cl2N8O2S/c1-33-23-18(14-29-24(30-23)28-10-3-12-34-13-11-27-15-34)22(31-33)16-6-8-17(9-7-16)32-37(35,36)20-5-2-4-19(25)21(20)26/h2,4-9,11,13-15,32H,3,10,12H2,1H3,(H,28,29,30). The van der Waals surface area contributed by atoms with Gasteiger partial charge >= 0.3 is 0 Å². The van der Waals surface area contributed by atoms with E-state index >= 15 is 0 Å². The molecule has 3 heterocycles. The maximum Gasteiger partial charge on any atom is 0.263 e. The molecule has 5 rings (SSSR count). The van der Waals surface area contributed by atoms with Crippen molar-refractivity contribution in [3.05, 3.63) is 77.4 Å². The Balaban J connectivity index is 1.30. The number of benzene rings is 2. The van der Waals surface area contributed by atoms with Crippen molar-refractivity contribution >= 4 is 55.9 Å². The molecular weight excluding hydrogens is 535 g/mol. The molecule has 3 aromatic heterocycles. The molecule has 37 heavy (non-hydrogen) atoms. The summed E-state index contributed by atoms with van der Waals surface area (Å²) in [5, 5.41) is 8.77. The highest BCUT2D eigenvalue weighted by Crippen LogP contribution is 2.31. The Kier molecular flexibility index (Phi) is 7.00. The van der Waals surface area contributed by atoms with E-state index < -0.39 is 10.0 Å². The number of hydrogen-bond acceptors (Lipinski definition) is 7. The van der Waals surface area contributed by atoms with Gasteiger partial charge in [-0.15, -0.1) is 0 Å². The lowest BCUT2D eigenvalue weighted by Crippen LogP contribution is -2.13. The van der Waals surface area contributed by atoms with Crippen molar-refractivity contribution < 1.29 is 8.42 Å². The first-order valence-electron chi connectivity index (χ1n) is 11.3. The first-order chi connectivity index (χ1) is 17.8. The lowest BCUT2D eigenvalue weighted by Gasteiger charge is -2.10. The van der Waals surface area contributed by atoms with Crippen LogP contribution in [0.2, 0.25) is 10.0 Å². The number of aryl methyl sites for hydroxylation is 2. The summed E-state index contributed by atoms with van der Waals surface area (Å²) in [7, 11) is -2.10. The number of aromatic nitrogens is 6. The maximum absolute atomic E-state index is 12.8. The lowest BCUT2D eigenvalue weighted by molar-refractivity contribution is 0.601. The molecule has 0 radical (unpaired) electrons. The summed E-state index contributed by atoms with van der Waals surface area (Å²) in [6, 6.07) is 11.3. The minimum absolute atomic E-state index is 0.0275. The summed E-state index contributed by atoms with van der Waals surface area (Å²) >= 11 is 12.1. The van der Waals surface area contributed by atoms with Crippen molar-refractivity contribution in [2.75, 3.05) is 16.6 Å². The molecule has 10 nitrogen and oxygen atoms in total. The zero-order chi connectivity index (χ0) is 26.0. The molecule has 0 aliphatic carbocycles. The minimum Gasteiger partial charge on any atom is -0.354 e. The average molecular weight is 557 g/mol. The van der Waals surface area contributed by atoms with Gasteiger partial charge in [-0.2, -0.15) is 10.1 Å². The van der Waals surface area contributed by atoms with Gasteiger partial charge in [-0.05, 0) is 30.7 Å². The van der Waals surface area contributed by atoms with Crippen molar-refractivity contribution in [2.45, 2.75) is 17.9 Å². The van der Waals surface area contributed by atoms with Crippen molar-refractivity contribution in [2.24, 2.45) is 7.05 Å². The van der Waals surface area contributed by atoms with Crippen LogP contribution in [0.15, 0.2) is 72.3 Å². The van der Waals surface area contributed by atoms with Gasteiger partial charge in [-0.25, -0.2) is 23.1 Å². The topological polar surface area (TPSA) is 120 Å². The number of imidazole rings is 1. The van der Waals surface area contributed by atoms with Crippen LogP contribution in [0.3, 0.4) is 0 Å². The van der Waals surface area contributed by atoms with E-state index in [2.05, 4.69) is 30.1 Å². The highest BCUT2D eigenvalue weighted by Gasteiger charge is 2.20. The van der Waals surface area contributed by atoms with Gasteiger partial charge in [0.25, 0.3) is 10.0 Å². The van der Waals surface area contributed by atoms with Crippen LogP contribution in [0.5, 0.6) is 0 Å². The van der Waals surface area contributed by atoms with Crippen LogP contribution in [0.4, 0.5) is 11.6 Å². The summed E-state index contributed by atoms with van der Waals surface area (Å²) in [5.41, 5.74) is 2.54. The molecule has 0 unspecified atom stereocenters. The van der Waals surface area contributed by atoms with Gasteiger partial charge in [0.05, 0.1) is 21.8 Å². The van der Waals surface area contributed by atoms with Crippen molar-refractivity contribution in [3.8, 4) is 11.3 Å². The number of halogens is 2. The van der Waals surface area contributed by atoms with Gasteiger partial charge in [0.2, 0.25) is 5.95 Å². The number of rotatable bonds is 9. The zero-order valence-corrected chi connectivity index (χ0v) is 22.0. The summed E-state index contributed by atoms with van der Waals surface area (Å²) < 4.78 is 31.8.